The van der Waals surface area contributed by atoms with Crippen molar-refractivity contribution in [3.05, 3.63) is 48.3 Å². The normalized spacial score (nSPS) is 13.2. The molecule has 1 aliphatic rings. The molecule has 0 fully saturated rings. The highest BCUT2D eigenvalue weighted by Crippen LogP contribution is 2.32. The summed E-state index contributed by atoms with van der Waals surface area (Å²) in [5, 5.41) is 3.03. The highest BCUT2D eigenvalue weighted by molar-refractivity contribution is 5.99. The van der Waals surface area contributed by atoms with Crippen molar-refractivity contribution in [3.63, 3.8) is 0 Å². The number of hydrogen-bond donors (Lipinski definition) is 2. The van der Waals surface area contributed by atoms with Gasteiger partial charge in [-0.2, -0.15) is 0 Å². The van der Waals surface area contributed by atoms with Gasteiger partial charge in [-0.3, -0.25) is 0 Å². The lowest BCUT2D eigenvalue weighted by Gasteiger charge is -2.18. The molecule has 0 radical (unpaired) electrons. The van der Waals surface area contributed by atoms with Crippen LogP contribution in [0.1, 0.15) is 0 Å². The van der Waals surface area contributed by atoms with E-state index in [4.69, 9.17) is 10.5 Å². The molecule has 2 aromatic carbocycles. The van der Waals surface area contributed by atoms with E-state index in [-0.39, 0.29) is 5.82 Å². The second-order valence-corrected chi connectivity index (χ2v) is 4.21. The van der Waals surface area contributed by atoms with Crippen LogP contribution in [0.5, 0.6) is 5.75 Å². The number of aliphatic imine (C=N–C) groups is 1. The first-order valence-electron chi connectivity index (χ1n) is 5.83. The van der Waals surface area contributed by atoms with Crippen LogP contribution in [-0.2, 0) is 0 Å². The highest BCUT2D eigenvalue weighted by atomic mass is 19.1. The summed E-state index contributed by atoms with van der Waals surface area (Å²) in [6, 6.07) is 11.5. The Morgan fingerprint density at radius 2 is 2.11 bits per heavy atom. The molecule has 0 saturated carbocycles. The smallest absolute Gasteiger partial charge is 0.146 e. The minimum Gasteiger partial charge on any atom is -0.483 e. The van der Waals surface area contributed by atoms with Gasteiger partial charge >= 0.3 is 0 Å². The number of nitrogens with one attached hydrogen (secondary N) is 1. The Morgan fingerprint density at radius 3 is 2.95 bits per heavy atom. The van der Waals surface area contributed by atoms with Gasteiger partial charge in [-0.1, -0.05) is 6.07 Å². The fourth-order valence-electron chi connectivity index (χ4n) is 1.86. The maximum Gasteiger partial charge on any atom is 0.146 e. The third-order valence-corrected chi connectivity index (χ3v) is 2.72. The van der Waals surface area contributed by atoms with Gasteiger partial charge in [0.2, 0.25) is 0 Å². The predicted molar refractivity (Wildman–Crippen MR) is 73.5 cm³/mol. The minimum absolute atomic E-state index is 0.299. The van der Waals surface area contributed by atoms with E-state index in [1.165, 1.54) is 12.1 Å². The van der Waals surface area contributed by atoms with Gasteiger partial charge < -0.3 is 15.8 Å². The fourth-order valence-corrected chi connectivity index (χ4v) is 1.86. The van der Waals surface area contributed by atoms with Crippen molar-refractivity contribution in [2.24, 2.45) is 4.99 Å². The van der Waals surface area contributed by atoms with Gasteiger partial charge in [0.05, 0.1) is 0 Å². The van der Waals surface area contributed by atoms with Gasteiger partial charge in [-0.25, -0.2) is 9.38 Å². The van der Waals surface area contributed by atoms with Crippen LogP contribution in [0.2, 0.25) is 0 Å². The summed E-state index contributed by atoms with van der Waals surface area (Å²) in [6.45, 7) is 0.313. The van der Waals surface area contributed by atoms with Crippen molar-refractivity contribution in [3.8, 4) is 5.75 Å². The third kappa shape index (κ3) is 2.49. The molecule has 0 spiro atoms. The van der Waals surface area contributed by atoms with Gasteiger partial charge in [0, 0.05) is 11.4 Å². The third-order valence-electron chi connectivity index (χ3n) is 2.72. The lowest BCUT2D eigenvalue weighted by atomic mass is 10.2. The molecule has 96 valence electrons. The fraction of sp³-hybridized carbons (Fsp3) is 0.0714. The van der Waals surface area contributed by atoms with E-state index < -0.39 is 0 Å². The van der Waals surface area contributed by atoms with E-state index in [1.54, 1.807) is 30.3 Å². The second kappa shape index (κ2) is 4.61. The van der Waals surface area contributed by atoms with Crippen molar-refractivity contribution >= 4 is 22.9 Å². The first-order valence-corrected chi connectivity index (χ1v) is 5.83. The van der Waals surface area contributed by atoms with E-state index in [1.807, 2.05) is 0 Å². The molecule has 2 aromatic rings. The summed E-state index contributed by atoms with van der Waals surface area (Å²) in [6.07, 6.45) is 0. The SMILES string of the molecule is Nc1ccc2c(c1)N=C(Nc1cccc(F)c1)CO2. The predicted octanol–water partition coefficient (Wildman–Crippen LogP) is 2.94. The number of anilines is 2. The van der Waals surface area contributed by atoms with Crippen LogP contribution in [0.3, 0.4) is 0 Å². The maximum atomic E-state index is 13.1. The van der Waals surface area contributed by atoms with E-state index in [2.05, 4.69) is 10.3 Å². The molecular weight excluding hydrogens is 245 g/mol. The molecule has 19 heavy (non-hydrogen) atoms. The van der Waals surface area contributed by atoms with Gasteiger partial charge in [0.25, 0.3) is 0 Å². The highest BCUT2D eigenvalue weighted by Gasteiger charge is 2.13. The first kappa shape index (κ1) is 11.5. The standard InChI is InChI=1S/C14H12FN3O/c15-9-2-1-3-11(6-9)17-14-8-19-13-5-4-10(16)7-12(13)18-14/h1-7H,8,16H2,(H,17,18). The lowest BCUT2D eigenvalue weighted by molar-refractivity contribution is 0.372. The van der Waals surface area contributed by atoms with E-state index in [0.717, 1.165) is 0 Å². The summed E-state index contributed by atoms with van der Waals surface area (Å²) < 4.78 is 18.6. The molecular formula is C14H12FN3O. The van der Waals surface area contributed by atoms with Crippen molar-refractivity contribution in [1.82, 2.24) is 0 Å². The van der Waals surface area contributed by atoms with Crippen molar-refractivity contribution in [2.75, 3.05) is 17.7 Å². The number of hydrogen-bond acceptors (Lipinski definition) is 4. The van der Waals surface area contributed by atoms with Crippen LogP contribution >= 0.6 is 0 Å². The molecule has 0 aliphatic carbocycles. The number of amidine groups is 1. The summed E-state index contributed by atoms with van der Waals surface area (Å²) >= 11 is 0. The quantitative estimate of drug-likeness (QED) is 0.772. The zero-order valence-corrected chi connectivity index (χ0v) is 10.1. The molecule has 0 bridgehead atoms. The van der Waals surface area contributed by atoms with E-state index in [9.17, 15) is 4.39 Å². The monoisotopic (exact) mass is 257 g/mol. The summed E-state index contributed by atoms with van der Waals surface area (Å²) in [4.78, 5) is 4.41. The molecule has 5 heteroatoms. The number of nitrogens with two attached hydrogens (primary N) is 1. The molecule has 0 atom stereocenters. The Balaban J connectivity index is 1.87. The minimum atomic E-state index is -0.299. The van der Waals surface area contributed by atoms with Crippen molar-refractivity contribution < 1.29 is 9.13 Å². The molecule has 0 amide bonds. The Labute approximate surface area is 109 Å². The number of rotatable bonds is 1. The Morgan fingerprint density at radius 1 is 1.21 bits per heavy atom. The van der Waals surface area contributed by atoms with Crippen LogP contribution in [0.4, 0.5) is 21.5 Å². The zero-order valence-electron chi connectivity index (χ0n) is 10.1. The number of fused-ring (bicyclic) bond motifs is 1. The zero-order chi connectivity index (χ0) is 13.2. The van der Waals surface area contributed by atoms with E-state index in [0.29, 0.717) is 35.3 Å². The van der Waals surface area contributed by atoms with Crippen LogP contribution in [0.15, 0.2) is 47.5 Å². The number of halogens is 1. The molecule has 0 aromatic heterocycles. The molecule has 1 aliphatic heterocycles. The Bertz CT molecular complexity index is 655. The second-order valence-electron chi connectivity index (χ2n) is 4.21. The summed E-state index contributed by atoms with van der Waals surface area (Å²) in [7, 11) is 0. The summed E-state index contributed by atoms with van der Waals surface area (Å²) in [5.74, 6) is 1.01. The molecule has 1 heterocycles. The van der Waals surface area contributed by atoms with E-state index >= 15 is 0 Å². The average Bonchev–Trinajstić information content (AvgIpc) is 2.38. The average molecular weight is 257 g/mol. The largest absolute Gasteiger partial charge is 0.483 e. The number of benzene rings is 2. The van der Waals surface area contributed by atoms with Gasteiger partial charge in [-0.15, -0.1) is 0 Å². The van der Waals surface area contributed by atoms with Gasteiger partial charge in [0.15, 0.2) is 0 Å². The lowest BCUT2D eigenvalue weighted by Crippen LogP contribution is -2.23. The Kier molecular flexibility index (Phi) is 2.79. The molecule has 3 rings (SSSR count). The first-order chi connectivity index (χ1) is 9.20. The maximum absolute atomic E-state index is 13.1. The summed E-state index contributed by atoms with van der Waals surface area (Å²) in [5.41, 5.74) is 7.63. The number of ether oxygens (including phenoxy) is 1. The molecule has 4 nitrogen and oxygen atoms in total. The van der Waals surface area contributed by atoms with Crippen LogP contribution < -0.4 is 15.8 Å². The van der Waals surface area contributed by atoms with Crippen LogP contribution in [0.25, 0.3) is 0 Å². The van der Waals surface area contributed by atoms with Crippen LogP contribution in [-0.4, -0.2) is 12.4 Å². The topological polar surface area (TPSA) is 59.6 Å². The number of nitrogen functional groups attached to an aromatic ring is 1. The molecule has 3 N–H and O–H groups in total. The van der Waals surface area contributed by atoms with Crippen molar-refractivity contribution in [1.29, 1.82) is 0 Å². The van der Waals surface area contributed by atoms with Gasteiger partial charge in [0.1, 0.15) is 29.7 Å². The number of nitrogens with zero attached hydrogens (tertiary/aromatic N) is 1. The molecule has 0 saturated heterocycles. The van der Waals surface area contributed by atoms with Crippen molar-refractivity contribution in [2.45, 2.75) is 0 Å². The molecule has 0 unspecified atom stereocenters. The Hall–Kier alpha value is -2.56. The van der Waals surface area contributed by atoms with Gasteiger partial charge in [-0.05, 0) is 36.4 Å². The van der Waals surface area contributed by atoms with Crippen LogP contribution in [0, 0.1) is 5.82 Å².